The van der Waals surface area contributed by atoms with Crippen molar-refractivity contribution in [3.63, 3.8) is 0 Å². The van der Waals surface area contributed by atoms with E-state index in [-0.39, 0.29) is 0 Å². The Kier molecular flexibility index (Phi) is 5.22. The van der Waals surface area contributed by atoms with E-state index in [1.807, 2.05) is 30.5 Å². The molecular weight excluding hydrogens is 280 g/mol. The molecule has 1 N–H and O–H groups in total. The fourth-order valence-corrected chi connectivity index (χ4v) is 4.48. The molecule has 0 amide bonds. The van der Waals surface area contributed by atoms with E-state index < -0.39 is 0 Å². The third kappa shape index (κ3) is 4.25. The van der Waals surface area contributed by atoms with Crippen molar-refractivity contribution in [3.8, 4) is 0 Å². The molecule has 0 bridgehead atoms. The topological polar surface area (TPSA) is 42.2 Å². The molecule has 21 heavy (non-hydrogen) atoms. The first-order chi connectivity index (χ1) is 10.4. The third-order valence-corrected chi connectivity index (χ3v) is 5.97. The number of hydrogen-bond donors (Lipinski definition) is 1. The van der Waals surface area contributed by atoms with Crippen LogP contribution in [0.15, 0.2) is 23.7 Å². The van der Waals surface area contributed by atoms with Crippen LogP contribution >= 0.6 is 11.8 Å². The Balaban J connectivity index is 1.33. The van der Waals surface area contributed by atoms with Gasteiger partial charge in [0, 0.05) is 37.8 Å². The Morgan fingerprint density at radius 2 is 2.14 bits per heavy atom. The number of hydrogen-bond acceptors (Lipinski definition) is 4. The summed E-state index contributed by atoms with van der Waals surface area (Å²) in [6, 6.07) is 0. The number of amidine groups is 1. The monoisotopic (exact) mass is 306 g/mol. The van der Waals surface area contributed by atoms with Crippen molar-refractivity contribution in [2.75, 3.05) is 18.8 Å². The first-order valence-corrected chi connectivity index (χ1v) is 9.22. The lowest BCUT2D eigenvalue weighted by Crippen LogP contribution is -2.37. The van der Waals surface area contributed by atoms with Crippen molar-refractivity contribution in [2.45, 2.75) is 51.5 Å². The van der Waals surface area contributed by atoms with Crippen molar-refractivity contribution in [1.82, 2.24) is 14.9 Å². The maximum atomic E-state index is 4.81. The lowest BCUT2D eigenvalue weighted by molar-refractivity contribution is 0.232. The summed E-state index contributed by atoms with van der Waals surface area (Å²) in [6.07, 6.45) is 15.2. The van der Waals surface area contributed by atoms with Crippen LogP contribution in [0.4, 0.5) is 0 Å². The minimum Gasteiger partial charge on any atom is -0.365 e. The van der Waals surface area contributed by atoms with Crippen LogP contribution in [0.25, 0.3) is 0 Å². The first-order valence-electron chi connectivity index (χ1n) is 8.23. The summed E-state index contributed by atoms with van der Waals surface area (Å²) in [4.78, 5) is 8.87. The van der Waals surface area contributed by atoms with E-state index in [1.54, 1.807) is 0 Å². The highest BCUT2D eigenvalue weighted by molar-refractivity contribution is 8.13. The lowest BCUT2D eigenvalue weighted by atomic mass is 9.75. The summed E-state index contributed by atoms with van der Waals surface area (Å²) in [5, 5.41) is 4.69. The van der Waals surface area contributed by atoms with E-state index >= 15 is 0 Å². The second kappa shape index (κ2) is 7.34. The van der Waals surface area contributed by atoms with Gasteiger partial charge in [0.15, 0.2) is 5.17 Å². The summed E-state index contributed by atoms with van der Waals surface area (Å²) in [6.45, 7) is 3.15. The Hall–Kier alpha value is -0.970. The zero-order valence-electron chi connectivity index (χ0n) is 12.8. The number of nitrogens with one attached hydrogen (secondary N) is 1. The van der Waals surface area contributed by atoms with Crippen LogP contribution in [0, 0.1) is 5.41 Å². The lowest BCUT2D eigenvalue weighted by Gasteiger charge is -2.38. The molecule has 0 aromatic carbocycles. The average Bonchev–Trinajstić information content (AvgIpc) is 3.03. The van der Waals surface area contributed by atoms with E-state index in [0.717, 1.165) is 19.6 Å². The van der Waals surface area contributed by atoms with Crippen LogP contribution in [0.5, 0.6) is 0 Å². The van der Waals surface area contributed by atoms with E-state index in [4.69, 9.17) is 4.99 Å². The van der Waals surface area contributed by atoms with Crippen molar-refractivity contribution < 1.29 is 0 Å². The molecule has 4 nitrogen and oxygen atoms in total. The van der Waals surface area contributed by atoms with Crippen LogP contribution in [-0.2, 0) is 6.54 Å². The maximum Gasteiger partial charge on any atom is 0.156 e. The number of imidazole rings is 1. The van der Waals surface area contributed by atoms with Gasteiger partial charge in [0.2, 0.25) is 0 Å². The van der Waals surface area contributed by atoms with E-state index in [0.29, 0.717) is 5.41 Å². The Morgan fingerprint density at radius 1 is 1.24 bits per heavy atom. The molecule has 1 aliphatic carbocycles. The molecule has 2 aliphatic rings. The number of rotatable bonds is 5. The van der Waals surface area contributed by atoms with Gasteiger partial charge in [-0.05, 0) is 31.1 Å². The van der Waals surface area contributed by atoms with Crippen molar-refractivity contribution in [2.24, 2.45) is 10.4 Å². The molecule has 1 aromatic heterocycles. The van der Waals surface area contributed by atoms with Gasteiger partial charge in [-0.1, -0.05) is 31.0 Å². The molecule has 0 radical (unpaired) electrons. The third-order valence-electron chi connectivity index (χ3n) is 4.67. The van der Waals surface area contributed by atoms with E-state index in [9.17, 15) is 0 Å². The van der Waals surface area contributed by atoms with Gasteiger partial charge in [0.1, 0.15) is 0 Å². The number of nitrogens with zero attached hydrogens (tertiary/aromatic N) is 3. The van der Waals surface area contributed by atoms with Gasteiger partial charge in [0.05, 0.1) is 6.33 Å². The molecule has 0 atom stereocenters. The van der Waals surface area contributed by atoms with Gasteiger partial charge >= 0.3 is 0 Å². The van der Waals surface area contributed by atoms with Gasteiger partial charge in [-0.15, -0.1) is 0 Å². The summed E-state index contributed by atoms with van der Waals surface area (Å²) >= 11 is 1.95. The van der Waals surface area contributed by atoms with Gasteiger partial charge < -0.3 is 9.88 Å². The molecule has 5 heteroatoms. The molecule has 1 aliphatic heterocycles. The molecule has 2 heterocycles. The number of thioether (sulfide) groups is 1. The minimum absolute atomic E-state index is 0.537. The van der Waals surface area contributed by atoms with Crippen LogP contribution in [0.1, 0.15) is 44.9 Å². The number of aromatic nitrogens is 2. The zero-order valence-corrected chi connectivity index (χ0v) is 13.6. The number of aryl methyl sites for hydroxylation is 1. The standard InChI is InChI=1S/C16H26N4S/c1-2-6-16(7-3-1)12-19-15(21-13-16)18-8-4-5-10-20-11-9-17-14-20/h9,11,14H,1-8,10,12-13H2,(H,18,19). The summed E-state index contributed by atoms with van der Waals surface area (Å²) in [5.74, 6) is 1.27. The molecule has 0 unspecified atom stereocenters. The molecule has 116 valence electrons. The highest BCUT2D eigenvalue weighted by Gasteiger charge is 2.34. The van der Waals surface area contributed by atoms with Crippen molar-refractivity contribution in [1.29, 1.82) is 0 Å². The maximum absolute atomic E-state index is 4.81. The molecule has 1 aromatic rings. The predicted octanol–water partition coefficient (Wildman–Crippen LogP) is 3.31. The molecule has 3 rings (SSSR count). The molecule has 0 saturated heterocycles. The van der Waals surface area contributed by atoms with Gasteiger partial charge in [-0.3, -0.25) is 4.99 Å². The minimum atomic E-state index is 0.537. The Labute approximate surface area is 131 Å². The second-order valence-corrected chi connectivity index (χ2v) is 7.37. The largest absolute Gasteiger partial charge is 0.365 e. The Bertz CT molecular complexity index is 449. The summed E-state index contributed by atoms with van der Waals surface area (Å²) in [7, 11) is 0. The highest BCUT2D eigenvalue weighted by Crippen LogP contribution is 2.41. The van der Waals surface area contributed by atoms with Crippen LogP contribution < -0.4 is 5.32 Å². The summed E-state index contributed by atoms with van der Waals surface area (Å²) < 4.78 is 2.14. The highest BCUT2D eigenvalue weighted by atomic mass is 32.2. The molecule has 1 fully saturated rings. The normalized spacial score (nSPS) is 21.2. The smallest absolute Gasteiger partial charge is 0.156 e. The van der Waals surface area contributed by atoms with Gasteiger partial charge in [-0.25, -0.2) is 4.98 Å². The SMILES string of the molecule is c1cn(CCCCNC2=NCC3(CCCCC3)CS2)cn1. The average molecular weight is 306 g/mol. The van der Waals surface area contributed by atoms with Crippen molar-refractivity contribution in [3.05, 3.63) is 18.7 Å². The molecule has 1 saturated carbocycles. The van der Waals surface area contributed by atoms with Gasteiger partial charge in [-0.2, -0.15) is 0 Å². The second-order valence-electron chi connectivity index (χ2n) is 6.41. The fraction of sp³-hybridized carbons (Fsp3) is 0.750. The number of unbranched alkanes of at least 4 members (excludes halogenated alkanes) is 1. The van der Waals surface area contributed by atoms with E-state index in [2.05, 4.69) is 14.9 Å². The number of aliphatic imine (C=N–C) groups is 1. The Morgan fingerprint density at radius 3 is 2.86 bits per heavy atom. The molecule has 1 spiro atoms. The van der Waals surface area contributed by atoms with E-state index in [1.165, 1.54) is 55.9 Å². The van der Waals surface area contributed by atoms with Crippen LogP contribution in [0.2, 0.25) is 0 Å². The summed E-state index contributed by atoms with van der Waals surface area (Å²) in [5.41, 5.74) is 0.537. The van der Waals surface area contributed by atoms with Crippen molar-refractivity contribution >= 4 is 16.9 Å². The van der Waals surface area contributed by atoms with Crippen LogP contribution in [-0.4, -0.2) is 33.6 Å². The predicted molar refractivity (Wildman–Crippen MR) is 89.7 cm³/mol. The first kappa shape index (κ1) is 14.9. The fourth-order valence-electron chi connectivity index (χ4n) is 3.30. The quantitative estimate of drug-likeness (QED) is 0.849. The van der Waals surface area contributed by atoms with Gasteiger partial charge in [0.25, 0.3) is 0 Å². The molecular formula is C16H26N4S. The van der Waals surface area contributed by atoms with Crippen LogP contribution in [0.3, 0.4) is 0 Å². The zero-order chi connectivity index (χ0) is 14.4.